The molecular formula is C13H25N3O2S. The fourth-order valence-corrected chi connectivity index (χ4v) is 2.47. The van der Waals surface area contributed by atoms with Gasteiger partial charge in [0.05, 0.1) is 18.5 Å². The largest absolute Gasteiger partial charge is 0.315 e. The molecule has 0 fully saturated rings. The Morgan fingerprint density at radius 1 is 1.42 bits per heavy atom. The Labute approximate surface area is 116 Å². The van der Waals surface area contributed by atoms with Gasteiger partial charge >= 0.3 is 0 Å². The molecule has 0 atom stereocenters. The van der Waals surface area contributed by atoms with Crippen molar-refractivity contribution in [3.8, 4) is 0 Å². The SMILES string of the molecule is CCS(=O)(=O)CCn1cc(CCCNC(C)C)cn1. The molecule has 5 nitrogen and oxygen atoms in total. The summed E-state index contributed by atoms with van der Waals surface area (Å²) >= 11 is 0. The van der Waals surface area contributed by atoms with E-state index in [0.717, 1.165) is 19.4 Å². The summed E-state index contributed by atoms with van der Waals surface area (Å²) in [6.45, 7) is 7.37. The van der Waals surface area contributed by atoms with Crippen LogP contribution >= 0.6 is 0 Å². The number of sulfone groups is 1. The first-order chi connectivity index (χ1) is 8.93. The van der Waals surface area contributed by atoms with Crippen LogP contribution in [0.5, 0.6) is 0 Å². The van der Waals surface area contributed by atoms with Crippen LogP contribution in [-0.2, 0) is 22.8 Å². The Hall–Kier alpha value is -0.880. The standard InChI is InChI=1S/C13H25N3O2S/c1-4-19(17,18)9-8-16-11-13(10-15-16)6-5-7-14-12(2)3/h10-12,14H,4-9H2,1-3H3. The maximum Gasteiger partial charge on any atom is 0.151 e. The molecule has 1 rings (SSSR count). The number of nitrogens with zero attached hydrogens (tertiary/aromatic N) is 2. The highest BCUT2D eigenvalue weighted by Crippen LogP contribution is 2.02. The van der Waals surface area contributed by atoms with Gasteiger partial charge in [-0.25, -0.2) is 8.42 Å². The molecule has 0 unspecified atom stereocenters. The normalized spacial score (nSPS) is 12.2. The molecule has 0 aromatic carbocycles. The molecule has 0 radical (unpaired) electrons. The fraction of sp³-hybridized carbons (Fsp3) is 0.769. The van der Waals surface area contributed by atoms with Crippen molar-refractivity contribution < 1.29 is 8.42 Å². The molecule has 0 spiro atoms. The first kappa shape index (κ1) is 16.2. The summed E-state index contributed by atoms with van der Waals surface area (Å²) in [5, 5.41) is 7.57. The van der Waals surface area contributed by atoms with Gasteiger partial charge < -0.3 is 5.32 Å². The smallest absolute Gasteiger partial charge is 0.151 e. The van der Waals surface area contributed by atoms with Crippen LogP contribution in [0.3, 0.4) is 0 Å². The molecule has 0 amide bonds. The third kappa shape index (κ3) is 6.73. The maximum atomic E-state index is 11.4. The molecule has 1 aromatic heterocycles. The highest BCUT2D eigenvalue weighted by molar-refractivity contribution is 7.91. The summed E-state index contributed by atoms with van der Waals surface area (Å²) in [7, 11) is -2.91. The highest BCUT2D eigenvalue weighted by atomic mass is 32.2. The first-order valence-corrected chi connectivity index (χ1v) is 8.70. The monoisotopic (exact) mass is 287 g/mol. The predicted molar refractivity (Wildman–Crippen MR) is 78.0 cm³/mol. The van der Waals surface area contributed by atoms with Gasteiger partial charge in [0.2, 0.25) is 0 Å². The number of hydrogen-bond acceptors (Lipinski definition) is 4. The molecule has 1 heterocycles. The van der Waals surface area contributed by atoms with Gasteiger partial charge in [0.15, 0.2) is 9.84 Å². The van der Waals surface area contributed by atoms with Crippen molar-refractivity contribution in [2.75, 3.05) is 18.1 Å². The Balaban J connectivity index is 2.32. The molecule has 110 valence electrons. The Morgan fingerprint density at radius 2 is 2.16 bits per heavy atom. The van der Waals surface area contributed by atoms with Crippen molar-refractivity contribution in [3.63, 3.8) is 0 Å². The van der Waals surface area contributed by atoms with Crippen LogP contribution in [0.2, 0.25) is 0 Å². The van der Waals surface area contributed by atoms with Gasteiger partial charge in [-0.3, -0.25) is 4.68 Å². The van der Waals surface area contributed by atoms with E-state index in [2.05, 4.69) is 24.3 Å². The molecule has 1 aromatic rings. The second-order valence-electron chi connectivity index (χ2n) is 5.06. The molecule has 6 heteroatoms. The van der Waals surface area contributed by atoms with E-state index in [1.165, 1.54) is 5.56 Å². The van der Waals surface area contributed by atoms with Gasteiger partial charge in [-0.1, -0.05) is 20.8 Å². The van der Waals surface area contributed by atoms with Crippen LogP contribution < -0.4 is 5.32 Å². The molecule has 1 N–H and O–H groups in total. The zero-order chi connectivity index (χ0) is 14.3. The molecule has 0 saturated carbocycles. The zero-order valence-electron chi connectivity index (χ0n) is 12.1. The lowest BCUT2D eigenvalue weighted by atomic mass is 10.2. The van der Waals surface area contributed by atoms with Crippen molar-refractivity contribution in [2.45, 2.75) is 46.2 Å². The van der Waals surface area contributed by atoms with E-state index < -0.39 is 9.84 Å². The molecular weight excluding hydrogens is 262 g/mol. The summed E-state index contributed by atoms with van der Waals surface area (Å²) in [4.78, 5) is 0. The van der Waals surface area contributed by atoms with Crippen LogP contribution in [0.1, 0.15) is 32.8 Å². The van der Waals surface area contributed by atoms with E-state index in [-0.39, 0.29) is 11.5 Å². The minimum Gasteiger partial charge on any atom is -0.315 e. The van der Waals surface area contributed by atoms with Crippen LogP contribution in [0.25, 0.3) is 0 Å². The van der Waals surface area contributed by atoms with E-state index in [4.69, 9.17) is 0 Å². The fourth-order valence-electron chi connectivity index (χ4n) is 1.72. The number of aryl methyl sites for hydroxylation is 2. The van der Waals surface area contributed by atoms with Crippen LogP contribution in [0, 0.1) is 0 Å². The van der Waals surface area contributed by atoms with Crippen molar-refractivity contribution in [2.24, 2.45) is 0 Å². The highest BCUT2D eigenvalue weighted by Gasteiger charge is 2.08. The van der Waals surface area contributed by atoms with E-state index in [1.807, 2.05) is 12.4 Å². The number of aromatic nitrogens is 2. The lowest BCUT2D eigenvalue weighted by molar-refractivity contribution is 0.570. The van der Waals surface area contributed by atoms with Gasteiger partial charge in [-0.2, -0.15) is 5.10 Å². The van der Waals surface area contributed by atoms with E-state index in [9.17, 15) is 8.42 Å². The van der Waals surface area contributed by atoms with Crippen molar-refractivity contribution in [1.82, 2.24) is 15.1 Å². The molecule has 0 aliphatic carbocycles. The summed E-state index contributed by atoms with van der Waals surface area (Å²) in [6, 6.07) is 0.516. The second kappa shape index (κ2) is 7.65. The predicted octanol–water partition coefficient (Wildman–Crippen LogP) is 1.25. The summed E-state index contributed by atoms with van der Waals surface area (Å²) in [6.07, 6.45) is 5.81. The van der Waals surface area contributed by atoms with E-state index in [0.29, 0.717) is 12.6 Å². The Bertz CT molecular complexity index is 466. The molecule has 19 heavy (non-hydrogen) atoms. The lowest BCUT2D eigenvalue weighted by Crippen LogP contribution is -2.23. The summed E-state index contributed by atoms with van der Waals surface area (Å²) in [5.74, 6) is 0.363. The minimum absolute atomic E-state index is 0.166. The number of rotatable bonds is 9. The molecule has 0 saturated heterocycles. The number of hydrogen-bond donors (Lipinski definition) is 1. The molecule has 0 aliphatic heterocycles. The second-order valence-corrected chi connectivity index (χ2v) is 7.53. The Kier molecular flexibility index (Phi) is 6.51. The van der Waals surface area contributed by atoms with Crippen molar-refractivity contribution in [1.29, 1.82) is 0 Å². The third-order valence-corrected chi connectivity index (χ3v) is 4.64. The van der Waals surface area contributed by atoms with Crippen molar-refractivity contribution >= 4 is 9.84 Å². The van der Waals surface area contributed by atoms with Gasteiger partial charge in [0, 0.05) is 18.0 Å². The van der Waals surface area contributed by atoms with Gasteiger partial charge in [0.1, 0.15) is 0 Å². The number of nitrogens with one attached hydrogen (secondary N) is 1. The molecule has 0 aliphatic rings. The van der Waals surface area contributed by atoms with Crippen LogP contribution in [0.4, 0.5) is 0 Å². The average Bonchev–Trinajstić information content (AvgIpc) is 2.80. The maximum absolute atomic E-state index is 11.4. The van der Waals surface area contributed by atoms with Crippen molar-refractivity contribution in [3.05, 3.63) is 18.0 Å². The van der Waals surface area contributed by atoms with Gasteiger partial charge in [0.25, 0.3) is 0 Å². The topological polar surface area (TPSA) is 64.0 Å². The zero-order valence-corrected chi connectivity index (χ0v) is 12.9. The van der Waals surface area contributed by atoms with Gasteiger partial charge in [-0.15, -0.1) is 0 Å². The lowest BCUT2D eigenvalue weighted by Gasteiger charge is -2.06. The first-order valence-electron chi connectivity index (χ1n) is 6.88. The van der Waals surface area contributed by atoms with Gasteiger partial charge in [-0.05, 0) is 24.9 Å². The van der Waals surface area contributed by atoms with E-state index >= 15 is 0 Å². The summed E-state index contributed by atoms with van der Waals surface area (Å²) in [5.41, 5.74) is 1.17. The quantitative estimate of drug-likeness (QED) is 0.694. The van der Waals surface area contributed by atoms with E-state index in [1.54, 1.807) is 11.6 Å². The van der Waals surface area contributed by atoms with Crippen LogP contribution in [-0.4, -0.2) is 42.3 Å². The van der Waals surface area contributed by atoms with Crippen LogP contribution in [0.15, 0.2) is 12.4 Å². The minimum atomic E-state index is -2.91. The third-order valence-electron chi connectivity index (χ3n) is 2.95. The summed E-state index contributed by atoms with van der Waals surface area (Å²) < 4.78 is 24.5. The molecule has 0 bridgehead atoms. The Morgan fingerprint density at radius 3 is 2.79 bits per heavy atom. The average molecular weight is 287 g/mol.